The van der Waals surface area contributed by atoms with E-state index in [4.69, 9.17) is 0 Å². The molecule has 0 aromatic carbocycles. The molecule has 1 saturated heterocycles. The number of hydrogen-bond acceptors (Lipinski definition) is 2. The van der Waals surface area contributed by atoms with Crippen molar-refractivity contribution in [1.29, 1.82) is 0 Å². The molecule has 0 radical (unpaired) electrons. The second-order valence-corrected chi connectivity index (χ2v) is 6.86. The van der Waals surface area contributed by atoms with Gasteiger partial charge in [-0.05, 0) is 70.6 Å². The molecular weight excluding hydrogens is 232 g/mol. The van der Waals surface area contributed by atoms with Crippen LogP contribution < -0.4 is 5.32 Å². The number of rotatable bonds is 7. The molecule has 0 bridgehead atoms. The van der Waals surface area contributed by atoms with E-state index in [1.165, 1.54) is 77.5 Å². The van der Waals surface area contributed by atoms with Crippen LogP contribution in [0.15, 0.2) is 0 Å². The van der Waals surface area contributed by atoms with Gasteiger partial charge in [0.25, 0.3) is 0 Å². The smallest absolute Gasteiger partial charge is 0.00679 e. The van der Waals surface area contributed by atoms with Gasteiger partial charge < -0.3 is 10.2 Å². The molecule has 2 nitrogen and oxygen atoms in total. The van der Waals surface area contributed by atoms with Crippen LogP contribution in [0.5, 0.6) is 0 Å². The molecule has 2 aliphatic rings. The minimum Gasteiger partial charge on any atom is -0.314 e. The fourth-order valence-corrected chi connectivity index (χ4v) is 3.97. The highest BCUT2D eigenvalue weighted by Gasteiger charge is 2.23. The maximum Gasteiger partial charge on any atom is 0.00679 e. The van der Waals surface area contributed by atoms with Gasteiger partial charge >= 0.3 is 0 Å². The molecule has 0 aromatic heterocycles. The first-order valence-electron chi connectivity index (χ1n) is 8.75. The molecule has 1 aliphatic carbocycles. The van der Waals surface area contributed by atoms with Crippen molar-refractivity contribution in [3.63, 3.8) is 0 Å². The number of piperidine rings is 1. The quantitative estimate of drug-likeness (QED) is 0.756. The number of likely N-dealkylation sites (tertiary alicyclic amines) is 1. The van der Waals surface area contributed by atoms with Gasteiger partial charge in [0.15, 0.2) is 0 Å². The molecule has 112 valence electrons. The normalized spacial score (nSPS) is 24.9. The monoisotopic (exact) mass is 266 g/mol. The predicted molar refractivity (Wildman–Crippen MR) is 83.5 cm³/mol. The summed E-state index contributed by atoms with van der Waals surface area (Å²) >= 11 is 0. The molecule has 0 aromatic rings. The lowest BCUT2D eigenvalue weighted by Crippen LogP contribution is -2.42. The molecule has 0 spiro atoms. The van der Waals surface area contributed by atoms with E-state index in [1.807, 2.05) is 0 Å². The summed E-state index contributed by atoms with van der Waals surface area (Å²) in [5.74, 6) is 1.95. The molecule has 1 unspecified atom stereocenters. The molecule has 2 fully saturated rings. The Morgan fingerprint density at radius 1 is 1.11 bits per heavy atom. The predicted octanol–water partition coefficient (Wildman–Crippen LogP) is 3.67. The van der Waals surface area contributed by atoms with E-state index in [2.05, 4.69) is 24.1 Å². The van der Waals surface area contributed by atoms with Gasteiger partial charge in [-0.3, -0.25) is 0 Å². The molecular formula is C17H34N2. The van der Waals surface area contributed by atoms with Gasteiger partial charge in [-0.2, -0.15) is 0 Å². The van der Waals surface area contributed by atoms with Gasteiger partial charge in [0.2, 0.25) is 0 Å². The van der Waals surface area contributed by atoms with Crippen molar-refractivity contribution in [2.24, 2.45) is 11.8 Å². The maximum atomic E-state index is 3.81. The van der Waals surface area contributed by atoms with Crippen LogP contribution in [0.2, 0.25) is 0 Å². The first-order valence-corrected chi connectivity index (χ1v) is 8.75. The van der Waals surface area contributed by atoms with E-state index < -0.39 is 0 Å². The van der Waals surface area contributed by atoms with Gasteiger partial charge in [0, 0.05) is 6.04 Å². The van der Waals surface area contributed by atoms with Crippen LogP contribution in [-0.4, -0.2) is 37.1 Å². The topological polar surface area (TPSA) is 15.3 Å². The Morgan fingerprint density at radius 2 is 1.79 bits per heavy atom. The molecule has 2 heteroatoms. The third kappa shape index (κ3) is 5.07. The zero-order chi connectivity index (χ0) is 13.5. The van der Waals surface area contributed by atoms with Crippen LogP contribution in [0, 0.1) is 11.8 Å². The van der Waals surface area contributed by atoms with Crippen molar-refractivity contribution in [1.82, 2.24) is 10.2 Å². The first-order chi connectivity index (χ1) is 9.29. The van der Waals surface area contributed by atoms with Gasteiger partial charge in [0.1, 0.15) is 0 Å². The average molecular weight is 266 g/mol. The molecule has 1 saturated carbocycles. The lowest BCUT2D eigenvalue weighted by molar-refractivity contribution is 0.162. The summed E-state index contributed by atoms with van der Waals surface area (Å²) < 4.78 is 0. The van der Waals surface area contributed by atoms with Crippen molar-refractivity contribution < 1.29 is 0 Å². The Bertz CT molecular complexity index is 227. The summed E-state index contributed by atoms with van der Waals surface area (Å²) in [5, 5.41) is 3.81. The van der Waals surface area contributed by atoms with Crippen LogP contribution in [0.25, 0.3) is 0 Å². The second-order valence-electron chi connectivity index (χ2n) is 6.86. The molecule has 1 N–H and O–H groups in total. The molecule has 1 aliphatic heterocycles. The Kier molecular flexibility index (Phi) is 6.66. The van der Waals surface area contributed by atoms with E-state index in [1.54, 1.807) is 0 Å². The zero-order valence-electron chi connectivity index (χ0n) is 13.2. The average Bonchev–Trinajstić information content (AvgIpc) is 2.93. The summed E-state index contributed by atoms with van der Waals surface area (Å²) in [7, 11) is 0. The first kappa shape index (κ1) is 15.3. The summed E-state index contributed by atoms with van der Waals surface area (Å²) in [6.07, 6.45) is 11.5. The Balaban J connectivity index is 1.57. The van der Waals surface area contributed by atoms with Gasteiger partial charge in [-0.1, -0.05) is 32.6 Å². The van der Waals surface area contributed by atoms with Gasteiger partial charge in [-0.15, -0.1) is 0 Å². The highest BCUT2D eigenvalue weighted by atomic mass is 15.1. The van der Waals surface area contributed by atoms with E-state index >= 15 is 0 Å². The van der Waals surface area contributed by atoms with Crippen molar-refractivity contribution in [3.05, 3.63) is 0 Å². The Labute approximate surface area is 120 Å². The SMILES string of the molecule is CCCN1CCC(C(C)NCCC2CCCC2)CC1. The summed E-state index contributed by atoms with van der Waals surface area (Å²) in [6.45, 7) is 9.91. The fraction of sp³-hybridized carbons (Fsp3) is 1.00. The Morgan fingerprint density at radius 3 is 2.42 bits per heavy atom. The van der Waals surface area contributed by atoms with Crippen LogP contribution in [-0.2, 0) is 0 Å². The maximum absolute atomic E-state index is 3.81. The molecule has 1 atom stereocenters. The third-order valence-corrected chi connectivity index (χ3v) is 5.37. The van der Waals surface area contributed by atoms with E-state index in [9.17, 15) is 0 Å². The third-order valence-electron chi connectivity index (χ3n) is 5.37. The lowest BCUT2D eigenvalue weighted by atomic mass is 9.90. The minimum absolute atomic E-state index is 0.727. The van der Waals surface area contributed by atoms with Crippen LogP contribution in [0.3, 0.4) is 0 Å². The summed E-state index contributed by atoms with van der Waals surface area (Å²) in [6, 6.07) is 0.727. The van der Waals surface area contributed by atoms with Crippen LogP contribution in [0.4, 0.5) is 0 Å². The van der Waals surface area contributed by atoms with E-state index in [0.29, 0.717) is 0 Å². The van der Waals surface area contributed by atoms with E-state index in [-0.39, 0.29) is 0 Å². The molecule has 1 heterocycles. The highest BCUT2D eigenvalue weighted by Crippen LogP contribution is 2.27. The van der Waals surface area contributed by atoms with Crippen molar-refractivity contribution >= 4 is 0 Å². The largest absolute Gasteiger partial charge is 0.314 e. The van der Waals surface area contributed by atoms with Gasteiger partial charge in [0.05, 0.1) is 0 Å². The number of hydrogen-bond donors (Lipinski definition) is 1. The zero-order valence-corrected chi connectivity index (χ0v) is 13.2. The van der Waals surface area contributed by atoms with Crippen LogP contribution in [0.1, 0.15) is 65.2 Å². The van der Waals surface area contributed by atoms with Crippen molar-refractivity contribution in [3.8, 4) is 0 Å². The second kappa shape index (κ2) is 8.26. The molecule has 19 heavy (non-hydrogen) atoms. The standard InChI is InChI=1S/C17H34N2/c1-3-12-19-13-9-17(10-14-19)15(2)18-11-8-16-6-4-5-7-16/h15-18H,3-14H2,1-2H3. The van der Waals surface area contributed by atoms with Crippen LogP contribution >= 0.6 is 0 Å². The highest BCUT2D eigenvalue weighted by molar-refractivity contribution is 4.80. The fourth-order valence-electron chi connectivity index (χ4n) is 3.97. The minimum atomic E-state index is 0.727. The van der Waals surface area contributed by atoms with E-state index in [0.717, 1.165) is 17.9 Å². The van der Waals surface area contributed by atoms with Crippen molar-refractivity contribution in [2.75, 3.05) is 26.2 Å². The van der Waals surface area contributed by atoms with Crippen molar-refractivity contribution in [2.45, 2.75) is 71.3 Å². The summed E-state index contributed by atoms with van der Waals surface area (Å²) in [4.78, 5) is 2.64. The lowest BCUT2D eigenvalue weighted by Gasteiger charge is -2.35. The molecule has 2 rings (SSSR count). The molecule has 0 amide bonds. The number of nitrogens with one attached hydrogen (secondary N) is 1. The summed E-state index contributed by atoms with van der Waals surface area (Å²) in [5.41, 5.74) is 0. The van der Waals surface area contributed by atoms with Gasteiger partial charge in [-0.25, -0.2) is 0 Å². The Hall–Kier alpha value is -0.0800. The number of nitrogens with zero attached hydrogens (tertiary/aromatic N) is 1.